The summed E-state index contributed by atoms with van der Waals surface area (Å²) >= 11 is 0. The second-order valence-corrected chi connectivity index (χ2v) is 8.12. The topological polar surface area (TPSA) is 86.8 Å². The lowest BCUT2D eigenvalue weighted by molar-refractivity contribution is -0.130. The van der Waals surface area contributed by atoms with Gasteiger partial charge in [-0.05, 0) is 42.5 Å². The number of hydrogen-bond acceptors (Lipinski definition) is 4. The number of carbonyl (C=O) groups excluding carboxylic acids is 2. The molecule has 1 aliphatic heterocycles. The number of rotatable bonds is 4. The highest BCUT2D eigenvalue weighted by molar-refractivity contribution is 7.92. The zero-order valence-corrected chi connectivity index (χ0v) is 16.1. The quantitative estimate of drug-likeness (QED) is 0.842. The molecular formula is C19H20FN3O4S. The van der Waals surface area contributed by atoms with Gasteiger partial charge in [0.2, 0.25) is 5.91 Å². The van der Waals surface area contributed by atoms with Crippen molar-refractivity contribution in [1.29, 1.82) is 0 Å². The summed E-state index contributed by atoms with van der Waals surface area (Å²) in [7, 11) is -3.93. The molecule has 0 unspecified atom stereocenters. The van der Waals surface area contributed by atoms with Crippen LogP contribution in [0.25, 0.3) is 0 Å². The molecule has 28 heavy (non-hydrogen) atoms. The Bertz CT molecular complexity index is 984. The standard InChI is InChI=1S/C19H20FN3O4S/c1-14(24)22-9-11-23(12-10-22)19(25)15-3-2-4-18(13-15)28(26,27)21-17-7-5-16(20)6-8-17/h2-8,13,21H,9-12H2,1H3. The Kier molecular flexibility index (Phi) is 5.64. The summed E-state index contributed by atoms with van der Waals surface area (Å²) in [5, 5.41) is 0. The van der Waals surface area contributed by atoms with E-state index in [1.54, 1.807) is 15.9 Å². The molecule has 0 atom stereocenters. The third-order valence-electron chi connectivity index (χ3n) is 4.50. The number of hydrogen-bond donors (Lipinski definition) is 1. The fourth-order valence-corrected chi connectivity index (χ4v) is 4.04. The summed E-state index contributed by atoms with van der Waals surface area (Å²) in [5.74, 6) is -0.797. The minimum absolute atomic E-state index is 0.0351. The van der Waals surface area contributed by atoms with Crippen LogP contribution in [0.2, 0.25) is 0 Å². The molecule has 7 nitrogen and oxygen atoms in total. The zero-order chi connectivity index (χ0) is 20.3. The van der Waals surface area contributed by atoms with Gasteiger partial charge in [0.15, 0.2) is 0 Å². The summed E-state index contributed by atoms with van der Waals surface area (Å²) in [6.45, 7) is 3.17. The average Bonchev–Trinajstić information content (AvgIpc) is 2.69. The SMILES string of the molecule is CC(=O)N1CCN(C(=O)c2cccc(S(=O)(=O)Nc3ccc(F)cc3)c2)CC1. The number of benzene rings is 2. The van der Waals surface area contributed by atoms with Gasteiger partial charge in [0.1, 0.15) is 5.82 Å². The largest absolute Gasteiger partial charge is 0.339 e. The Morgan fingerprint density at radius 1 is 0.964 bits per heavy atom. The van der Waals surface area contributed by atoms with E-state index < -0.39 is 15.8 Å². The molecule has 2 amide bonds. The van der Waals surface area contributed by atoms with Crippen molar-refractivity contribution in [3.63, 3.8) is 0 Å². The molecule has 0 bridgehead atoms. The van der Waals surface area contributed by atoms with Crippen LogP contribution in [0.3, 0.4) is 0 Å². The number of halogens is 1. The van der Waals surface area contributed by atoms with E-state index in [9.17, 15) is 22.4 Å². The van der Waals surface area contributed by atoms with Crippen molar-refractivity contribution in [3.8, 4) is 0 Å². The molecule has 0 aliphatic carbocycles. The van der Waals surface area contributed by atoms with Gasteiger partial charge in [-0.3, -0.25) is 14.3 Å². The van der Waals surface area contributed by atoms with E-state index in [4.69, 9.17) is 0 Å². The van der Waals surface area contributed by atoms with E-state index in [2.05, 4.69) is 4.72 Å². The lowest BCUT2D eigenvalue weighted by Crippen LogP contribution is -2.50. The van der Waals surface area contributed by atoms with Gasteiger partial charge >= 0.3 is 0 Å². The highest BCUT2D eigenvalue weighted by atomic mass is 32.2. The molecule has 0 aromatic heterocycles. The van der Waals surface area contributed by atoms with E-state index in [1.165, 1.54) is 37.3 Å². The van der Waals surface area contributed by atoms with Gasteiger partial charge < -0.3 is 9.80 Å². The smallest absolute Gasteiger partial charge is 0.261 e. The van der Waals surface area contributed by atoms with Crippen molar-refractivity contribution in [2.45, 2.75) is 11.8 Å². The first kappa shape index (κ1) is 19.8. The normalized spacial score (nSPS) is 14.6. The summed E-state index contributed by atoms with van der Waals surface area (Å²) in [4.78, 5) is 27.3. The number of nitrogens with one attached hydrogen (secondary N) is 1. The van der Waals surface area contributed by atoms with Crippen LogP contribution in [-0.4, -0.2) is 56.2 Å². The summed E-state index contributed by atoms with van der Waals surface area (Å²) in [6, 6.07) is 10.7. The molecule has 2 aromatic rings. The number of nitrogens with zero attached hydrogens (tertiary/aromatic N) is 2. The number of carbonyl (C=O) groups is 2. The van der Waals surface area contributed by atoms with Gasteiger partial charge in [-0.15, -0.1) is 0 Å². The first-order chi connectivity index (χ1) is 13.3. The van der Waals surface area contributed by atoms with Crippen molar-refractivity contribution >= 4 is 27.5 Å². The minimum atomic E-state index is -3.93. The van der Waals surface area contributed by atoms with Gasteiger partial charge in [0.25, 0.3) is 15.9 Å². The second kappa shape index (κ2) is 7.97. The van der Waals surface area contributed by atoms with Gasteiger partial charge in [0.05, 0.1) is 4.90 Å². The Hall–Kier alpha value is -2.94. The van der Waals surface area contributed by atoms with Gasteiger partial charge in [-0.1, -0.05) is 6.07 Å². The predicted molar refractivity (Wildman–Crippen MR) is 102 cm³/mol. The predicted octanol–water partition coefficient (Wildman–Crippen LogP) is 1.93. The lowest BCUT2D eigenvalue weighted by atomic mass is 10.2. The molecule has 2 aromatic carbocycles. The maximum atomic E-state index is 13.0. The van der Waals surface area contributed by atoms with Crippen LogP contribution in [0.4, 0.5) is 10.1 Å². The van der Waals surface area contributed by atoms with E-state index in [0.717, 1.165) is 12.1 Å². The molecule has 1 fully saturated rings. The molecule has 0 saturated carbocycles. The Morgan fingerprint density at radius 2 is 1.57 bits per heavy atom. The minimum Gasteiger partial charge on any atom is -0.339 e. The molecule has 3 rings (SSSR count). The van der Waals surface area contributed by atoms with Gasteiger partial charge in [-0.2, -0.15) is 0 Å². The molecule has 1 aliphatic rings. The summed E-state index contributed by atoms with van der Waals surface area (Å²) < 4.78 is 40.5. The summed E-state index contributed by atoms with van der Waals surface area (Å²) in [6.07, 6.45) is 0. The number of piperazine rings is 1. The van der Waals surface area contributed by atoms with Crippen LogP contribution in [0.1, 0.15) is 17.3 Å². The van der Waals surface area contributed by atoms with Gasteiger partial charge in [0, 0.05) is 44.4 Å². The first-order valence-electron chi connectivity index (χ1n) is 8.69. The van der Waals surface area contributed by atoms with Crippen LogP contribution in [0, 0.1) is 5.82 Å². The molecular weight excluding hydrogens is 385 g/mol. The van der Waals surface area contributed by atoms with Crippen LogP contribution in [0.15, 0.2) is 53.4 Å². The highest BCUT2D eigenvalue weighted by Gasteiger charge is 2.24. The van der Waals surface area contributed by atoms with Crippen LogP contribution in [-0.2, 0) is 14.8 Å². The van der Waals surface area contributed by atoms with Crippen LogP contribution in [0.5, 0.6) is 0 Å². The number of anilines is 1. The molecule has 0 spiro atoms. The monoisotopic (exact) mass is 405 g/mol. The van der Waals surface area contributed by atoms with E-state index in [0.29, 0.717) is 26.2 Å². The third-order valence-corrected chi connectivity index (χ3v) is 5.88. The molecule has 148 valence electrons. The van der Waals surface area contributed by atoms with Crippen LogP contribution >= 0.6 is 0 Å². The molecule has 1 heterocycles. The zero-order valence-electron chi connectivity index (χ0n) is 15.3. The third kappa shape index (κ3) is 4.48. The molecule has 1 saturated heterocycles. The Balaban J connectivity index is 1.75. The number of sulfonamides is 1. The van der Waals surface area contributed by atoms with E-state index >= 15 is 0 Å². The average molecular weight is 405 g/mol. The Labute approximate surface area is 162 Å². The first-order valence-corrected chi connectivity index (χ1v) is 10.2. The van der Waals surface area contributed by atoms with Gasteiger partial charge in [-0.25, -0.2) is 12.8 Å². The summed E-state index contributed by atoms with van der Waals surface area (Å²) in [5.41, 5.74) is 0.469. The molecule has 0 radical (unpaired) electrons. The fraction of sp³-hybridized carbons (Fsp3) is 0.263. The second-order valence-electron chi connectivity index (χ2n) is 6.44. The fourth-order valence-electron chi connectivity index (χ4n) is 2.94. The van der Waals surface area contributed by atoms with Crippen LogP contribution < -0.4 is 4.72 Å². The maximum absolute atomic E-state index is 13.0. The van der Waals surface area contributed by atoms with Crippen molar-refractivity contribution < 1.29 is 22.4 Å². The van der Waals surface area contributed by atoms with E-state index in [1.807, 2.05) is 0 Å². The van der Waals surface area contributed by atoms with Crippen molar-refractivity contribution in [2.24, 2.45) is 0 Å². The Morgan fingerprint density at radius 3 is 2.18 bits per heavy atom. The van der Waals surface area contributed by atoms with Crippen molar-refractivity contribution in [1.82, 2.24) is 9.80 Å². The van der Waals surface area contributed by atoms with E-state index in [-0.39, 0.29) is 28.0 Å². The lowest BCUT2D eigenvalue weighted by Gasteiger charge is -2.34. The maximum Gasteiger partial charge on any atom is 0.261 e. The molecule has 9 heteroatoms. The number of amides is 2. The molecule has 1 N–H and O–H groups in total. The highest BCUT2D eigenvalue weighted by Crippen LogP contribution is 2.19. The van der Waals surface area contributed by atoms with Crippen molar-refractivity contribution in [2.75, 3.05) is 30.9 Å². The van der Waals surface area contributed by atoms with Crippen molar-refractivity contribution in [3.05, 3.63) is 59.9 Å².